The summed E-state index contributed by atoms with van der Waals surface area (Å²) in [5.74, 6) is 2.47. The van der Waals surface area contributed by atoms with E-state index in [1.165, 1.54) is 5.57 Å². The molecule has 2 aromatic rings. The molecule has 0 bridgehead atoms. The van der Waals surface area contributed by atoms with Gasteiger partial charge in [-0.15, -0.1) is 0 Å². The van der Waals surface area contributed by atoms with Crippen molar-refractivity contribution in [2.24, 2.45) is 0 Å². The summed E-state index contributed by atoms with van der Waals surface area (Å²) in [5, 5.41) is 0. The molecule has 0 N–H and O–H groups in total. The van der Waals surface area contributed by atoms with Gasteiger partial charge >= 0.3 is 0 Å². The summed E-state index contributed by atoms with van der Waals surface area (Å²) in [6.45, 7) is 12.3. The molecule has 3 aliphatic rings. The predicted molar refractivity (Wildman–Crippen MR) is 139 cm³/mol. The highest BCUT2D eigenvalue weighted by atomic mass is 19.1. The Hall–Kier alpha value is -3.05. The lowest BCUT2D eigenvalue weighted by Crippen LogP contribution is -2.26. The van der Waals surface area contributed by atoms with Crippen LogP contribution in [0.25, 0.3) is 11.1 Å². The van der Waals surface area contributed by atoms with Gasteiger partial charge in [0.1, 0.15) is 25.1 Å². The Kier molecular flexibility index (Phi) is 7.24. The molecule has 1 atom stereocenters. The minimum Gasteiger partial charge on any atom is -0.489 e. The first-order valence-corrected chi connectivity index (χ1v) is 12.7. The standard InChI is InChI=1S/C30H34FNO3/c1-21-5-3-6-27(24-9-12-28-29(19-24)34-18-17-33-28)30(22(21)2)23-7-10-25(11-8-23)35-26-13-16-32(20-26)15-4-14-31/h7-12,19,26H,1-6,13-18,20H2/t26-/m0/s1. The van der Waals surface area contributed by atoms with Crippen LogP contribution in [0.15, 0.2) is 66.8 Å². The number of halogens is 1. The second-order valence-electron chi connectivity index (χ2n) is 9.54. The van der Waals surface area contributed by atoms with E-state index in [1.807, 2.05) is 6.07 Å². The molecule has 0 aromatic heterocycles. The number of ether oxygens (including phenoxy) is 3. The molecule has 0 saturated carbocycles. The molecule has 1 saturated heterocycles. The lowest BCUT2D eigenvalue weighted by molar-refractivity contribution is 0.171. The van der Waals surface area contributed by atoms with Crippen molar-refractivity contribution in [2.45, 2.75) is 38.2 Å². The average Bonchev–Trinajstić information content (AvgIpc) is 3.28. The molecule has 184 valence electrons. The maximum atomic E-state index is 12.5. The maximum absolute atomic E-state index is 12.5. The van der Waals surface area contributed by atoms with Crippen LogP contribution in [-0.2, 0) is 0 Å². The number of allylic oxidation sites excluding steroid dienone is 4. The summed E-state index contributed by atoms with van der Waals surface area (Å²) in [7, 11) is 0. The van der Waals surface area contributed by atoms with Gasteiger partial charge in [0.15, 0.2) is 11.5 Å². The third-order valence-corrected chi connectivity index (χ3v) is 7.11. The van der Waals surface area contributed by atoms with E-state index in [1.54, 1.807) is 0 Å². The number of alkyl halides is 1. The van der Waals surface area contributed by atoms with Crippen LogP contribution in [-0.4, -0.2) is 50.5 Å². The van der Waals surface area contributed by atoms with Gasteiger partial charge in [0.05, 0.1) is 6.67 Å². The van der Waals surface area contributed by atoms with Crippen LogP contribution in [0.1, 0.15) is 43.2 Å². The Morgan fingerprint density at radius 2 is 1.74 bits per heavy atom. The first-order chi connectivity index (χ1) is 17.1. The second-order valence-corrected chi connectivity index (χ2v) is 9.54. The van der Waals surface area contributed by atoms with Crippen LogP contribution in [0, 0.1) is 0 Å². The normalized spacial score (nSPS) is 20.8. The monoisotopic (exact) mass is 475 g/mol. The maximum Gasteiger partial charge on any atom is 0.161 e. The van der Waals surface area contributed by atoms with E-state index in [2.05, 4.69) is 54.5 Å². The largest absolute Gasteiger partial charge is 0.489 e. The minimum absolute atomic E-state index is 0.153. The van der Waals surface area contributed by atoms with Crippen molar-refractivity contribution in [3.63, 3.8) is 0 Å². The van der Waals surface area contributed by atoms with Gasteiger partial charge in [-0.1, -0.05) is 31.4 Å². The number of nitrogens with zero attached hydrogens (tertiary/aromatic N) is 1. The third kappa shape index (κ3) is 5.30. The molecule has 0 amide bonds. The smallest absolute Gasteiger partial charge is 0.161 e. The molecule has 1 aliphatic carbocycles. The molecule has 0 spiro atoms. The van der Waals surface area contributed by atoms with Crippen LogP contribution < -0.4 is 14.2 Å². The Balaban J connectivity index is 1.40. The number of fused-ring (bicyclic) bond motifs is 1. The van der Waals surface area contributed by atoms with Crippen LogP contribution in [0.5, 0.6) is 17.2 Å². The summed E-state index contributed by atoms with van der Waals surface area (Å²) < 4.78 is 30.3. The summed E-state index contributed by atoms with van der Waals surface area (Å²) >= 11 is 0. The Labute approximate surface area is 207 Å². The molecular formula is C30H34FNO3. The van der Waals surface area contributed by atoms with Crippen molar-refractivity contribution in [3.05, 3.63) is 77.9 Å². The van der Waals surface area contributed by atoms with Crippen LogP contribution in [0.2, 0.25) is 0 Å². The highest BCUT2D eigenvalue weighted by Gasteiger charge is 2.24. The third-order valence-electron chi connectivity index (χ3n) is 7.11. The van der Waals surface area contributed by atoms with Gasteiger partial charge in [0.25, 0.3) is 0 Å². The molecule has 0 radical (unpaired) electrons. The SMILES string of the molecule is C=C1CCCC(c2ccc3c(c2)OCCO3)=C(c2ccc(O[C@H]3CCN(CCCF)C3)cc2)C1=C. The topological polar surface area (TPSA) is 30.9 Å². The highest BCUT2D eigenvalue weighted by molar-refractivity contribution is 6.00. The lowest BCUT2D eigenvalue weighted by Gasteiger charge is -2.21. The molecule has 5 rings (SSSR count). The van der Waals surface area contributed by atoms with Gasteiger partial charge in [-0.25, -0.2) is 0 Å². The first kappa shape index (κ1) is 23.7. The van der Waals surface area contributed by atoms with E-state index >= 15 is 0 Å². The zero-order chi connectivity index (χ0) is 24.2. The fraction of sp³-hybridized carbons (Fsp3) is 0.400. The average molecular weight is 476 g/mol. The molecule has 0 unspecified atom stereocenters. The zero-order valence-electron chi connectivity index (χ0n) is 20.4. The Morgan fingerprint density at radius 1 is 0.971 bits per heavy atom. The fourth-order valence-corrected chi connectivity index (χ4v) is 5.25. The van der Waals surface area contributed by atoms with Crippen molar-refractivity contribution in [1.29, 1.82) is 0 Å². The summed E-state index contributed by atoms with van der Waals surface area (Å²) in [6, 6.07) is 14.6. The van der Waals surface area contributed by atoms with Gasteiger partial charge < -0.3 is 14.2 Å². The Bertz CT molecular complexity index is 1120. The van der Waals surface area contributed by atoms with Gasteiger partial charge in [-0.2, -0.15) is 0 Å². The van der Waals surface area contributed by atoms with E-state index in [4.69, 9.17) is 14.2 Å². The van der Waals surface area contributed by atoms with E-state index in [0.29, 0.717) is 19.6 Å². The highest BCUT2D eigenvalue weighted by Crippen LogP contribution is 2.43. The molecule has 2 aromatic carbocycles. The van der Waals surface area contributed by atoms with Gasteiger partial charge in [0.2, 0.25) is 0 Å². The molecule has 4 nitrogen and oxygen atoms in total. The molecule has 35 heavy (non-hydrogen) atoms. The molecule has 2 heterocycles. The number of rotatable bonds is 7. The van der Waals surface area contributed by atoms with Crippen molar-refractivity contribution < 1.29 is 18.6 Å². The van der Waals surface area contributed by atoms with E-state index in [9.17, 15) is 4.39 Å². The minimum atomic E-state index is -0.259. The Morgan fingerprint density at radius 3 is 2.54 bits per heavy atom. The van der Waals surface area contributed by atoms with Gasteiger partial charge in [-0.05, 0) is 89.8 Å². The zero-order valence-corrected chi connectivity index (χ0v) is 20.4. The molecule has 5 heteroatoms. The number of hydrogen-bond acceptors (Lipinski definition) is 4. The second kappa shape index (κ2) is 10.7. The fourth-order valence-electron chi connectivity index (χ4n) is 5.25. The van der Waals surface area contributed by atoms with Crippen LogP contribution >= 0.6 is 0 Å². The van der Waals surface area contributed by atoms with Crippen molar-refractivity contribution in [1.82, 2.24) is 4.90 Å². The molecule has 1 fully saturated rings. The van der Waals surface area contributed by atoms with E-state index in [0.717, 1.165) is 90.4 Å². The molecular weight excluding hydrogens is 441 g/mol. The van der Waals surface area contributed by atoms with Gasteiger partial charge in [-0.3, -0.25) is 9.29 Å². The van der Waals surface area contributed by atoms with Crippen molar-refractivity contribution in [2.75, 3.05) is 39.5 Å². The van der Waals surface area contributed by atoms with Crippen molar-refractivity contribution >= 4 is 11.1 Å². The van der Waals surface area contributed by atoms with Crippen LogP contribution in [0.4, 0.5) is 4.39 Å². The van der Waals surface area contributed by atoms with E-state index in [-0.39, 0.29) is 12.8 Å². The number of benzene rings is 2. The van der Waals surface area contributed by atoms with Gasteiger partial charge in [0, 0.05) is 19.6 Å². The van der Waals surface area contributed by atoms with Crippen LogP contribution in [0.3, 0.4) is 0 Å². The summed E-state index contributed by atoms with van der Waals surface area (Å²) in [5.41, 5.74) is 6.76. The quantitative estimate of drug-likeness (QED) is 0.459. The predicted octanol–water partition coefficient (Wildman–Crippen LogP) is 6.48. The summed E-state index contributed by atoms with van der Waals surface area (Å²) in [6.07, 6.45) is 4.65. The molecule has 2 aliphatic heterocycles. The van der Waals surface area contributed by atoms with E-state index < -0.39 is 0 Å². The van der Waals surface area contributed by atoms with Crippen molar-refractivity contribution in [3.8, 4) is 17.2 Å². The lowest BCUT2D eigenvalue weighted by atomic mass is 9.88. The number of hydrogen-bond donors (Lipinski definition) is 0. The number of likely N-dealkylation sites (tertiary alicyclic amines) is 1. The first-order valence-electron chi connectivity index (χ1n) is 12.7. The summed E-state index contributed by atoms with van der Waals surface area (Å²) in [4.78, 5) is 2.28.